The molecule has 0 atom stereocenters. The third-order valence-corrected chi connectivity index (χ3v) is 3.66. The van der Waals surface area contributed by atoms with Crippen LogP contribution in [0.15, 0.2) is 64.9 Å². The van der Waals surface area contributed by atoms with E-state index in [2.05, 4.69) is 15.2 Å². The minimum atomic E-state index is -0.0942. The van der Waals surface area contributed by atoms with E-state index in [4.69, 9.17) is 20.9 Å². The van der Waals surface area contributed by atoms with Crippen LogP contribution in [0.5, 0.6) is 11.5 Å². The fourth-order valence-corrected chi connectivity index (χ4v) is 2.45. The molecule has 0 amide bonds. The minimum Gasteiger partial charge on any atom is -0.496 e. The molecule has 1 aromatic heterocycles. The third-order valence-electron chi connectivity index (χ3n) is 3.66. The predicted octanol–water partition coefficient (Wildman–Crippen LogP) is 2.43. The van der Waals surface area contributed by atoms with Crippen LogP contribution in [0.4, 0.5) is 0 Å². The van der Waals surface area contributed by atoms with Crippen LogP contribution < -0.4 is 20.9 Å². The summed E-state index contributed by atoms with van der Waals surface area (Å²) in [6, 6.07) is 15.3. The fourth-order valence-electron chi connectivity index (χ4n) is 2.45. The minimum absolute atomic E-state index is 0.0942. The molecule has 0 saturated heterocycles. The highest BCUT2D eigenvalue weighted by atomic mass is 16.5. The van der Waals surface area contributed by atoms with Gasteiger partial charge in [-0.15, -0.1) is 5.10 Å². The van der Waals surface area contributed by atoms with Gasteiger partial charge in [0, 0.05) is 23.2 Å². The van der Waals surface area contributed by atoms with Crippen LogP contribution in [-0.2, 0) is 6.61 Å². The van der Waals surface area contributed by atoms with Gasteiger partial charge in [0.1, 0.15) is 18.1 Å². The molecule has 0 unspecified atom stereocenters. The highest BCUT2D eigenvalue weighted by Crippen LogP contribution is 2.23. The molecule has 0 fully saturated rings. The molecule has 0 saturated carbocycles. The number of rotatable bonds is 6. The van der Waals surface area contributed by atoms with Gasteiger partial charge in [0.2, 0.25) is 5.96 Å². The SMILES string of the molecule is COc1ccc(C=NN=C(N)N)cc1COc1ccc2cccnc2c1. The second-order valence-electron chi connectivity index (χ2n) is 5.49. The van der Waals surface area contributed by atoms with E-state index in [1.165, 1.54) is 0 Å². The van der Waals surface area contributed by atoms with Crippen molar-refractivity contribution in [3.8, 4) is 11.5 Å². The first kappa shape index (κ1) is 17.2. The Kier molecular flexibility index (Phi) is 5.28. The van der Waals surface area contributed by atoms with Gasteiger partial charge in [-0.25, -0.2) is 0 Å². The number of ether oxygens (including phenoxy) is 2. The van der Waals surface area contributed by atoms with Crippen molar-refractivity contribution < 1.29 is 9.47 Å². The molecule has 7 heteroatoms. The maximum absolute atomic E-state index is 5.91. The first-order chi connectivity index (χ1) is 12.7. The molecule has 2 aromatic carbocycles. The van der Waals surface area contributed by atoms with Crippen molar-refractivity contribution in [1.29, 1.82) is 0 Å². The van der Waals surface area contributed by atoms with Crippen molar-refractivity contribution in [3.63, 3.8) is 0 Å². The van der Waals surface area contributed by atoms with Gasteiger partial charge in [0.25, 0.3) is 0 Å². The summed E-state index contributed by atoms with van der Waals surface area (Å²) in [6.45, 7) is 0.339. The number of pyridine rings is 1. The number of aromatic nitrogens is 1. The van der Waals surface area contributed by atoms with Crippen LogP contribution in [0.25, 0.3) is 10.9 Å². The zero-order valence-electron chi connectivity index (χ0n) is 14.3. The smallest absolute Gasteiger partial charge is 0.211 e. The molecule has 26 heavy (non-hydrogen) atoms. The first-order valence-corrected chi connectivity index (χ1v) is 7.92. The molecule has 0 bridgehead atoms. The van der Waals surface area contributed by atoms with Crippen LogP contribution >= 0.6 is 0 Å². The van der Waals surface area contributed by atoms with Crippen LogP contribution in [0.1, 0.15) is 11.1 Å². The van der Waals surface area contributed by atoms with E-state index >= 15 is 0 Å². The molecule has 0 aliphatic carbocycles. The summed E-state index contributed by atoms with van der Waals surface area (Å²) in [5.74, 6) is 1.36. The Morgan fingerprint density at radius 1 is 1.15 bits per heavy atom. The number of methoxy groups -OCH3 is 1. The van der Waals surface area contributed by atoms with Crippen LogP contribution in [-0.4, -0.2) is 24.3 Å². The lowest BCUT2D eigenvalue weighted by Crippen LogP contribution is -2.21. The van der Waals surface area contributed by atoms with Crippen LogP contribution in [0.3, 0.4) is 0 Å². The number of fused-ring (bicyclic) bond motifs is 1. The van der Waals surface area contributed by atoms with Crippen molar-refractivity contribution in [2.75, 3.05) is 7.11 Å². The second-order valence-corrected chi connectivity index (χ2v) is 5.49. The second kappa shape index (κ2) is 7.98. The van der Waals surface area contributed by atoms with E-state index in [0.29, 0.717) is 6.61 Å². The summed E-state index contributed by atoms with van der Waals surface area (Å²) in [6.07, 6.45) is 3.32. The average Bonchev–Trinajstić information content (AvgIpc) is 2.66. The summed E-state index contributed by atoms with van der Waals surface area (Å²) in [7, 11) is 1.62. The van der Waals surface area contributed by atoms with Crippen molar-refractivity contribution in [2.45, 2.75) is 6.61 Å². The first-order valence-electron chi connectivity index (χ1n) is 7.92. The van der Waals surface area contributed by atoms with E-state index in [1.54, 1.807) is 19.5 Å². The quantitative estimate of drug-likeness (QED) is 0.404. The average molecular weight is 349 g/mol. The highest BCUT2D eigenvalue weighted by molar-refractivity contribution is 5.82. The molecule has 0 aliphatic rings. The maximum atomic E-state index is 5.91. The normalized spacial score (nSPS) is 10.8. The fraction of sp³-hybridized carbons (Fsp3) is 0.105. The molecular formula is C19H19N5O2. The summed E-state index contributed by atoms with van der Waals surface area (Å²) in [5.41, 5.74) is 13.1. The lowest BCUT2D eigenvalue weighted by Gasteiger charge is -2.11. The van der Waals surface area contributed by atoms with E-state index in [9.17, 15) is 0 Å². The van der Waals surface area contributed by atoms with Crippen molar-refractivity contribution in [1.82, 2.24) is 4.98 Å². The van der Waals surface area contributed by atoms with E-state index in [0.717, 1.165) is 33.5 Å². The van der Waals surface area contributed by atoms with E-state index < -0.39 is 0 Å². The number of hydrogen-bond donors (Lipinski definition) is 2. The molecule has 3 rings (SSSR count). The monoisotopic (exact) mass is 349 g/mol. The van der Waals surface area contributed by atoms with Gasteiger partial charge in [-0.1, -0.05) is 6.07 Å². The summed E-state index contributed by atoms with van der Waals surface area (Å²) in [5, 5.41) is 8.47. The Morgan fingerprint density at radius 3 is 2.85 bits per heavy atom. The molecule has 0 spiro atoms. The van der Waals surface area contributed by atoms with Crippen molar-refractivity contribution >= 4 is 23.1 Å². The lowest BCUT2D eigenvalue weighted by atomic mass is 10.1. The summed E-state index contributed by atoms with van der Waals surface area (Å²) >= 11 is 0. The molecular weight excluding hydrogens is 330 g/mol. The molecule has 132 valence electrons. The summed E-state index contributed by atoms with van der Waals surface area (Å²) < 4.78 is 11.3. The lowest BCUT2D eigenvalue weighted by molar-refractivity contribution is 0.297. The Bertz CT molecular complexity index is 965. The number of hydrogen-bond acceptors (Lipinski definition) is 5. The molecule has 7 nitrogen and oxygen atoms in total. The van der Waals surface area contributed by atoms with Crippen LogP contribution in [0.2, 0.25) is 0 Å². The van der Waals surface area contributed by atoms with Crippen molar-refractivity contribution in [2.24, 2.45) is 21.7 Å². The Hall–Kier alpha value is -3.61. The third kappa shape index (κ3) is 4.27. The molecule has 0 aliphatic heterocycles. The predicted molar refractivity (Wildman–Crippen MR) is 102 cm³/mol. The molecule has 1 heterocycles. The van der Waals surface area contributed by atoms with E-state index in [1.807, 2.05) is 48.5 Å². The maximum Gasteiger partial charge on any atom is 0.211 e. The number of benzene rings is 2. The Morgan fingerprint density at radius 2 is 2.04 bits per heavy atom. The number of nitrogens with two attached hydrogens (primary N) is 2. The topological polar surface area (TPSA) is 108 Å². The van der Waals surface area contributed by atoms with Gasteiger partial charge in [-0.2, -0.15) is 5.10 Å². The molecule has 0 radical (unpaired) electrons. The Balaban J connectivity index is 1.78. The highest BCUT2D eigenvalue weighted by Gasteiger charge is 2.06. The van der Waals surface area contributed by atoms with Crippen LogP contribution in [0, 0.1) is 0 Å². The largest absolute Gasteiger partial charge is 0.496 e. The standard InChI is InChI=1S/C19H19N5O2/c1-25-18-7-4-13(11-23-24-19(20)21)9-15(18)12-26-16-6-5-14-3-2-8-22-17(14)10-16/h2-11H,12H2,1H3,(H4,20,21,24). The zero-order valence-corrected chi connectivity index (χ0v) is 14.3. The number of guanidine groups is 1. The number of nitrogens with zero attached hydrogens (tertiary/aromatic N) is 3. The van der Waals surface area contributed by atoms with Gasteiger partial charge in [-0.05, 0) is 42.0 Å². The van der Waals surface area contributed by atoms with Gasteiger partial charge in [0.15, 0.2) is 0 Å². The van der Waals surface area contributed by atoms with E-state index in [-0.39, 0.29) is 5.96 Å². The molecule has 3 aromatic rings. The molecule has 4 N–H and O–H groups in total. The van der Waals surface area contributed by atoms with Gasteiger partial charge in [0.05, 0.1) is 18.8 Å². The zero-order chi connectivity index (χ0) is 18.4. The van der Waals surface area contributed by atoms with Gasteiger partial charge in [-0.3, -0.25) is 4.98 Å². The van der Waals surface area contributed by atoms with Gasteiger partial charge < -0.3 is 20.9 Å². The Labute approximate surface area is 151 Å². The van der Waals surface area contributed by atoms with Gasteiger partial charge >= 0.3 is 0 Å². The van der Waals surface area contributed by atoms with Crippen molar-refractivity contribution in [3.05, 3.63) is 65.9 Å². The summed E-state index contributed by atoms with van der Waals surface area (Å²) in [4.78, 5) is 4.34.